The molecule has 1 rings (SSSR count). The number of nitrogens with zero attached hydrogens (tertiary/aromatic N) is 1. The van der Waals surface area contributed by atoms with E-state index in [0.29, 0.717) is 5.92 Å². The summed E-state index contributed by atoms with van der Waals surface area (Å²) < 4.78 is 13.8. The number of rotatable bonds is 5. The van der Waals surface area contributed by atoms with Crippen LogP contribution in [-0.4, -0.2) is 16.9 Å². The minimum absolute atomic E-state index is 0.0237. The molecule has 1 amide bonds. The highest BCUT2D eigenvalue weighted by atomic mass is 19.1. The third-order valence-corrected chi connectivity index (χ3v) is 3.13. The van der Waals surface area contributed by atoms with Crippen molar-refractivity contribution in [2.45, 2.75) is 33.2 Å². The Labute approximate surface area is 106 Å². The Hall–Kier alpha value is -1.69. The molecule has 6 heteroatoms. The van der Waals surface area contributed by atoms with Crippen molar-refractivity contribution in [3.63, 3.8) is 0 Å². The maximum Gasteiger partial charge on any atom is 0.254 e. The van der Waals surface area contributed by atoms with Gasteiger partial charge >= 0.3 is 0 Å². The van der Waals surface area contributed by atoms with Crippen molar-refractivity contribution in [2.24, 2.45) is 11.8 Å². The number of halogens is 1. The van der Waals surface area contributed by atoms with Crippen LogP contribution in [0.3, 0.4) is 0 Å². The number of nitrogens with two attached hydrogens (primary N) is 1. The van der Waals surface area contributed by atoms with Gasteiger partial charge in [-0.05, 0) is 18.9 Å². The number of amides is 1. The lowest BCUT2D eigenvalue weighted by molar-refractivity contribution is 0.0924. The molecule has 2 atom stereocenters. The molecule has 0 radical (unpaired) electrons. The summed E-state index contributed by atoms with van der Waals surface area (Å²) in [5.74, 6) is 4.09. The summed E-state index contributed by atoms with van der Waals surface area (Å²) in [6.07, 6.45) is 2.27. The molecule has 1 aromatic rings. The normalized spacial score (nSPS) is 13.8. The fourth-order valence-corrected chi connectivity index (χ4v) is 1.50. The van der Waals surface area contributed by atoms with Gasteiger partial charge in [-0.15, -0.1) is 0 Å². The second kappa shape index (κ2) is 6.30. The number of carbonyl (C=O) groups excluding carboxylic acids is 1. The first-order chi connectivity index (χ1) is 8.51. The maximum atomic E-state index is 13.8. The SMILES string of the molecule is CCC(C)C(C)NC(=O)c1ccnc(NN)c1F. The first-order valence-corrected chi connectivity index (χ1v) is 5.93. The molecule has 0 aliphatic rings. The number of nitrogens with one attached hydrogen (secondary N) is 2. The Bertz CT molecular complexity index is 425. The van der Waals surface area contributed by atoms with Crippen LogP contribution in [0.15, 0.2) is 12.3 Å². The van der Waals surface area contributed by atoms with Crippen LogP contribution in [0.1, 0.15) is 37.6 Å². The fourth-order valence-electron chi connectivity index (χ4n) is 1.50. The molecular formula is C12H19FN4O. The summed E-state index contributed by atoms with van der Waals surface area (Å²) in [5.41, 5.74) is 2.05. The molecular weight excluding hydrogens is 235 g/mol. The Morgan fingerprint density at radius 2 is 2.22 bits per heavy atom. The third kappa shape index (κ3) is 3.16. The van der Waals surface area contributed by atoms with Crippen molar-refractivity contribution in [3.8, 4) is 0 Å². The Morgan fingerprint density at radius 1 is 1.56 bits per heavy atom. The number of aromatic nitrogens is 1. The first-order valence-electron chi connectivity index (χ1n) is 5.93. The molecule has 1 aromatic heterocycles. The molecule has 5 nitrogen and oxygen atoms in total. The van der Waals surface area contributed by atoms with E-state index in [1.807, 2.05) is 20.8 Å². The summed E-state index contributed by atoms with van der Waals surface area (Å²) in [7, 11) is 0. The highest BCUT2D eigenvalue weighted by molar-refractivity contribution is 5.95. The third-order valence-electron chi connectivity index (χ3n) is 3.13. The summed E-state index contributed by atoms with van der Waals surface area (Å²) in [6, 6.07) is 1.30. The topological polar surface area (TPSA) is 80.0 Å². The van der Waals surface area contributed by atoms with Gasteiger partial charge in [-0.25, -0.2) is 15.2 Å². The molecule has 0 aliphatic carbocycles. The predicted molar refractivity (Wildman–Crippen MR) is 68.4 cm³/mol. The molecule has 0 saturated heterocycles. The molecule has 4 N–H and O–H groups in total. The van der Waals surface area contributed by atoms with E-state index in [-0.39, 0.29) is 17.4 Å². The molecule has 2 unspecified atom stereocenters. The highest BCUT2D eigenvalue weighted by Gasteiger charge is 2.19. The highest BCUT2D eigenvalue weighted by Crippen LogP contribution is 2.15. The second-order valence-electron chi connectivity index (χ2n) is 4.31. The molecule has 100 valence electrons. The van der Waals surface area contributed by atoms with Crippen LogP contribution < -0.4 is 16.6 Å². The average Bonchev–Trinajstić information content (AvgIpc) is 2.37. The average molecular weight is 254 g/mol. The van der Waals surface area contributed by atoms with Crippen molar-refractivity contribution in [3.05, 3.63) is 23.6 Å². The largest absolute Gasteiger partial charge is 0.349 e. The van der Waals surface area contributed by atoms with Crippen molar-refractivity contribution in [1.82, 2.24) is 10.3 Å². The zero-order valence-electron chi connectivity index (χ0n) is 10.8. The molecule has 0 aromatic carbocycles. The lowest BCUT2D eigenvalue weighted by atomic mass is 10.0. The lowest BCUT2D eigenvalue weighted by Crippen LogP contribution is -2.37. The first kappa shape index (κ1) is 14.4. The van der Waals surface area contributed by atoms with Crippen molar-refractivity contribution >= 4 is 11.7 Å². The monoisotopic (exact) mass is 254 g/mol. The number of carbonyl (C=O) groups is 1. The van der Waals surface area contributed by atoms with Crippen LogP contribution in [-0.2, 0) is 0 Å². The van der Waals surface area contributed by atoms with Crippen LogP contribution >= 0.6 is 0 Å². The van der Waals surface area contributed by atoms with Crippen molar-refractivity contribution < 1.29 is 9.18 Å². The zero-order valence-corrected chi connectivity index (χ0v) is 10.8. The summed E-state index contributed by atoms with van der Waals surface area (Å²) in [4.78, 5) is 15.6. The van der Waals surface area contributed by atoms with Gasteiger partial charge in [0.1, 0.15) is 0 Å². The van der Waals surface area contributed by atoms with Gasteiger partial charge in [-0.3, -0.25) is 4.79 Å². The van der Waals surface area contributed by atoms with E-state index in [2.05, 4.69) is 15.7 Å². The van der Waals surface area contributed by atoms with Gasteiger partial charge in [0.25, 0.3) is 5.91 Å². The van der Waals surface area contributed by atoms with Crippen LogP contribution in [0.4, 0.5) is 10.2 Å². The number of hydrogen-bond donors (Lipinski definition) is 3. The molecule has 0 spiro atoms. The number of pyridine rings is 1. The van der Waals surface area contributed by atoms with E-state index in [9.17, 15) is 9.18 Å². The molecule has 0 fully saturated rings. The smallest absolute Gasteiger partial charge is 0.254 e. The number of anilines is 1. The summed E-state index contributed by atoms with van der Waals surface area (Å²) in [5, 5.41) is 2.76. The van der Waals surface area contributed by atoms with Gasteiger partial charge in [-0.2, -0.15) is 0 Å². The van der Waals surface area contributed by atoms with Gasteiger partial charge in [-0.1, -0.05) is 20.3 Å². The van der Waals surface area contributed by atoms with Gasteiger partial charge in [0.2, 0.25) is 0 Å². The van der Waals surface area contributed by atoms with Gasteiger partial charge in [0.05, 0.1) is 5.56 Å². The zero-order chi connectivity index (χ0) is 13.7. The molecule has 0 saturated carbocycles. The number of hydrazine groups is 1. The van der Waals surface area contributed by atoms with Gasteiger partial charge < -0.3 is 10.7 Å². The van der Waals surface area contributed by atoms with Gasteiger partial charge in [0, 0.05) is 12.2 Å². The van der Waals surface area contributed by atoms with E-state index in [0.717, 1.165) is 6.42 Å². The Morgan fingerprint density at radius 3 is 2.78 bits per heavy atom. The van der Waals surface area contributed by atoms with Crippen LogP contribution in [0, 0.1) is 11.7 Å². The molecule has 1 heterocycles. The fraction of sp³-hybridized carbons (Fsp3) is 0.500. The summed E-state index contributed by atoms with van der Waals surface area (Å²) >= 11 is 0. The molecule has 0 aliphatic heterocycles. The van der Waals surface area contributed by atoms with Crippen LogP contribution in [0.25, 0.3) is 0 Å². The van der Waals surface area contributed by atoms with Crippen molar-refractivity contribution in [2.75, 3.05) is 5.43 Å². The lowest BCUT2D eigenvalue weighted by Gasteiger charge is -2.20. The van der Waals surface area contributed by atoms with E-state index in [1.54, 1.807) is 0 Å². The number of hydrogen-bond acceptors (Lipinski definition) is 4. The number of nitrogen functional groups attached to an aromatic ring is 1. The van der Waals surface area contributed by atoms with E-state index in [4.69, 9.17) is 5.84 Å². The Kier molecular flexibility index (Phi) is 5.03. The molecule has 18 heavy (non-hydrogen) atoms. The predicted octanol–water partition coefficient (Wildman–Crippen LogP) is 1.67. The standard InChI is InChI=1S/C12H19FN4O/c1-4-7(2)8(3)16-12(18)9-5-6-15-11(17-14)10(9)13/h5-8H,4,14H2,1-3H3,(H,15,17)(H,16,18). The van der Waals surface area contributed by atoms with E-state index in [1.165, 1.54) is 12.3 Å². The minimum atomic E-state index is -0.742. The summed E-state index contributed by atoms with van der Waals surface area (Å²) in [6.45, 7) is 5.96. The second-order valence-corrected chi connectivity index (χ2v) is 4.31. The Balaban J connectivity index is 2.85. The van der Waals surface area contributed by atoms with E-state index < -0.39 is 11.7 Å². The quantitative estimate of drug-likeness (QED) is 0.551. The van der Waals surface area contributed by atoms with Crippen molar-refractivity contribution in [1.29, 1.82) is 0 Å². The minimum Gasteiger partial charge on any atom is -0.349 e. The van der Waals surface area contributed by atoms with Crippen LogP contribution in [0.5, 0.6) is 0 Å². The van der Waals surface area contributed by atoms with Gasteiger partial charge in [0.15, 0.2) is 11.6 Å². The maximum absolute atomic E-state index is 13.8. The molecule has 0 bridgehead atoms. The van der Waals surface area contributed by atoms with E-state index >= 15 is 0 Å². The van der Waals surface area contributed by atoms with Crippen LogP contribution in [0.2, 0.25) is 0 Å².